The third kappa shape index (κ3) is 5.13. The minimum Gasteiger partial charge on any atom is -0.496 e. The maximum atomic E-state index is 13.4. The number of methoxy groups -OCH3 is 1. The van der Waals surface area contributed by atoms with Gasteiger partial charge in [-0.15, -0.1) is 0 Å². The third-order valence-corrected chi connectivity index (χ3v) is 6.53. The summed E-state index contributed by atoms with van der Waals surface area (Å²) in [6.07, 6.45) is 1.76. The normalized spacial score (nSPS) is 19.3. The molecular weight excluding hydrogens is 413 g/mol. The lowest BCUT2D eigenvalue weighted by Crippen LogP contribution is -2.38. The first-order chi connectivity index (χ1) is 14.2. The van der Waals surface area contributed by atoms with E-state index in [-0.39, 0.29) is 33.8 Å². The van der Waals surface area contributed by atoms with Crippen LogP contribution >= 0.6 is 0 Å². The van der Waals surface area contributed by atoms with Crippen molar-refractivity contribution < 1.29 is 27.4 Å². The highest BCUT2D eigenvalue weighted by molar-refractivity contribution is 7.89. The molecule has 0 saturated heterocycles. The van der Waals surface area contributed by atoms with E-state index in [9.17, 15) is 22.7 Å². The van der Waals surface area contributed by atoms with Gasteiger partial charge in [-0.2, -0.15) is 0 Å². The molecule has 1 aliphatic rings. The molecule has 1 aromatic carbocycles. The summed E-state index contributed by atoms with van der Waals surface area (Å²) in [5.41, 5.74) is 0.126. The number of amides is 1. The zero-order chi connectivity index (χ0) is 21.9. The van der Waals surface area contributed by atoms with Gasteiger partial charge in [-0.3, -0.25) is 4.79 Å². The van der Waals surface area contributed by atoms with E-state index in [4.69, 9.17) is 4.74 Å². The molecule has 3 N–H and O–H groups in total. The van der Waals surface area contributed by atoms with Crippen molar-refractivity contribution in [1.82, 2.24) is 9.71 Å². The summed E-state index contributed by atoms with van der Waals surface area (Å²) in [6.45, 7) is 1.47. The Morgan fingerprint density at radius 1 is 1.20 bits per heavy atom. The number of benzene rings is 1. The number of sulfonamides is 1. The molecule has 0 radical (unpaired) electrons. The number of ether oxygens (including phenoxy) is 1. The molecule has 1 fully saturated rings. The van der Waals surface area contributed by atoms with Gasteiger partial charge >= 0.3 is 0 Å². The fourth-order valence-corrected chi connectivity index (χ4v) is 4.64. The van der Waals surface area contributed by atoms with E-state index in [2.05, 4.69) is 15.0 Å². The lowest BCUT2D eigenvalue weighted by Gasteiger charge is -2.26. The van der Waals surface area contributed by atoms with Crippen LogP contribution in [0.25, 0.3) is 0 Å². The Morgan fingerprint density at radius 2 is 1.90 bits per heavy atom. The highest BCUT2D eigenvalue weighted by Gasteiger charge is 2.26. The number of aromatic nitrogens is 1. The summed E-state index contributed by atoms with van der Waals surface area (Å²) >= 11 is 0. The first kappa shape index (κ1) is 22.1. The van der Waals surface area contributed by atoms with Crippen LogP contribution in [0.1, 0.15) is 41.7 Å². The maximum Gasteiger partial charge on any atom is 0.260 e. The zero-order valence-corrected chi connectivity index (χ0v) is 17.5. The third-order valence-electron chi connectivity index (χ3n) is 5.01. The van der Waals surface area contributed by atoms with Crippen LogP contribution in [0.4, 0.5) is 10.2 Å². The van der Waals surface area contributed by atoms with E-state index in [0.29, 0.717) is 25.7 Å². The number of nitrogens with one attached hydrogen (secondary N) is 2. The van der Waals surface area contributed by atoms with Gasteiger partial charge in [0.05, 0.1) is 29.4 Å². The standard InChI is InChI=1S/C20H24FN3O5S/c1-12-17(21)8-10-19(22-12)23-20(26)16-11-15(7-9-18(16)29-2)30(27,28)24-13-3-5-14(25)6-4-13/h7-11,13-14,24-25H,3-6H2,1-2H3,(H,22,23,26)/t13-,14-. The second kappa shape index (κ2) is 9.07. The van der Waals surface area contributed by atoms with Crippen molar-refractivity contribution >= 4 is 21.7 Å². The molecule has 30 heavy (non-hydrogen) atoms. The Bertz CT molecular complexity index is 1040. The highest BCUT2D eigenvalue weighted by Crippen LogP contribution is 2.25. The summed E-state index contributed by atoms with van der Waals surface area (Å²) in [4.78, 5) is 16.6. The smallest absolute Gasteiger partial charge is 0.260 e. The van der Waals surface area contributed by atoms with E-state index >= 15 is 0 Å². The van der Waals surface area contributed by atoms with Crippen LogP contribution < -0.4 is 14.8 Å². The second-order valence-electron chi connectivity index (χ2n) is 7.21. The lowest BCUT2D eigenvalue weighted by molar-refractivity contribution is 0.102. The van der Waals surface area contributed by atoms with Gasteiger partial charge in [0.15, 0.2) is 0 Å². The molecule has 0 aliphatic heterocycles. The molecule has 3 rings (SSSR count). The summed E-state index contributed by atoms with van der Waals surface area (Å²) in [5, 5.41) is 12.1. The predicted molar refractivity (Wildman–Crippen MR) is 108 cm³/mol. The molecule has 162 valence electrons. The van der Waals surface area contributed by atoms with E-state index in [1.807, 2.05) is 0 Å². The molecule has 8 nitrogen and oxygen atoms in total. The van der Waals surface area contributed by atoms with Crippen LogP contribution in [0.5, 0.6) is 5.75 Å². The van der Waals surface area contributed by atoms with Crippen molar-refractivity contribution in [1.29, 1.82) is 0 Å². The van der Waals surface area contributed by atoms with Gasteiger partial charge in [0.25, 0.3) is 5.91 Å². The molecule has 0 bridgehead atoms. The van der Waals surface area contributed by atoms with E-state index in [1.165, 1.54) is 44.4 Å². The number of anilines is 1. The van der Waals surface area contributed by atoms with Crippen molar-refractivity contribution in [3.63, 3.8) is 0 Å². The summed E-state index contributed by atoms with van der Waals surface area (Å²) < 4.78 is 46.8. The van der Waals surface area contributed by atoms with Crippen molar-refractivity contribution in [2.24, 2.45) is 0 Å². The van der Waals surface area contributed by atoms with Gasteiger partial charge in [-0.25, -0.2) is 22.5 Å². The van der Waals surface area contributed by atoms with Gasteiger partial charge in [0, 0.05) is 6.04 Å². The Morgan fingerprint density at radius 3 is 2.53 bits per heavy atom. The molecular formula is C20H24FN3O5S. The number of halogens is 1. The molecule has 0 atom stereocenters. The molecule has 1 amide bonds. The van der Waals surface area contributed by atoms with Crippen LogP contribution in [-0.2, 0) is 10.0 Å². The number of carbonyl (C=O) groups is 1. The Hall–Kier alpha value is -2.56. The van der Waals surface area contributed by atoms with E-state index < -0.39 is 27.9 Å². The molecule has 1 saturated carbocycles. The number of hydrogen-bond acceptors (Lipinski definition) is 6. The number of hydrogen-bond donors (Lipinski definition) is 3. The van der Waals surface area contributed by atoms with Crippen molar-refractivity contribution in [2.75, 3.05) is 12.4 Å². The maximum absolute atomic E-state index is 13.4. The van der Waals surface area contributed by atoms with Crippen LogP contribution in [0.2, 0.25) is 0 Å². The Kier molecular flexibility index (Phi) is 6.69. The SMILES string of the molecule is COc1ccc(S(=O)(=O)N[C@H]2CC[C@H](O)CC2)cc1C(=O)Nc1ccc(F)c(C)n1. The fourth-order valence-electron chi connectivity index (χ4n) is 3.31. The Balaban J connectivity index is 1.83. The van der Waals surface area contributed by atoms with Gasteiger partial charge in [-0.1, -0.05) is 0 Å². The first-order valence-electron chi connectivity index (χ1n) is 9.52. The number of pyridine rings is 1. The minimum absolute atomic E-state index is 0.00298. The molecule has 0 unspecified atom stereocenters. The molecule has 1 aliphatic carbocycles. The van der Waals surface area contributed by atoms with Crippen molar-refractivity contribution in [2.45, 2.75) is 49.6 Å². The van der Waals surface area contributed by atoms with Gasteiger partial charge in [0.1, 0.15) is 17.4 Å². The quantitative estimate of drug-likeness (QED) is 0.639. The highest BCUT2D eigenvalue weighted by atomic mass is 32.2. The fraction of sp³-hybridized carbons (Fsp3) is 0.400. The minimum atomic E-state index is -3.88. The van der Waals surface area contributed by atoms with Crippen LogP contribution in [0.3, 0.4) is 0 Å². The number of rotatable bonds is 6. The first-order valence-corrected chi connectivity index (χ1v) is 11.0. The predicted octanol–water partition coefficient (Wildman–Crippen LogP) is 2.37. The summed E-state index contributed by atoms with van der Waals surface area (Å²) in [7, 11) is -2.51. The molecule has 0 spiro atoms. The topological polar surface area (TPSA) is 118 Å². The van der Waals surface area contributed by atoms with Crippen LogP contribution in [0, 0.1) is 12.7 Å². The van der Waals surface area contributed by atoms with Crippen LogP contribution in [-0.4, -0.2) is 43.7 Å². The van der Waals surface area contributed by atoms with E-state index in [0.717, 1.165) is 0 Å². The molecule has 2 aromatic rings. The lowest BCUT2D eigenvalue weighted by atomic mass is 9.94. The van der Waals surface area contributed by atoms with Gasteiger partial charge < -0.3 is 15.2 Å². The average Bonchev–Trinajstić information content (AvgIpc) is 2.71. The van der Waals surface area contributed by atoms with Gasteiger partial charge in [-0.05, 0) is 62.9 Å². The molecule has 10 heteroatoms. The molecule has 1 aromatic heterocycles. The zero-order valence-electron chi connectivity index (χ0n) is 16.7. The number of aliphatic hydroxyl groups excluding tert-OH is 1. The molecule has 1 heterocycles. The summed E-state index contributed by atoms with van der Waals surface area (Å²) in [6, 6.07) is 6.20. The number of carbonyl (C=O) groups excluding carboxylic acids is 1. The summed E-state index contributed by atoms with van der Waals surface area (Å²) in [5.74, 6) is -0.817. The number of aryl methyl sites for hydroxylation is 1. The monoisotopic (exact) mass is 437 g/mol. The Labute approximate surface area is 174 Å². The second-order valence-corrected chi connectivity index (χ2v) is 8.92. The van der Waals surface area contributed by atoms with Crippen molar-refractivity contribution in [3.8, 4) is 5.75 Å². The van der Waals surface area contributed by atoms with Crippen molar-refractivity contribution in [3.05, 3.63) is 47.4 Å². The van der Waals surface area contributed by atoms with Gasteiger partial charge in [0.2, 0.25) is 10.0 Å². The van der Waals surface area contributed by atoms with Crippen LogP contribution in [0.15, 0.2) is 35.2 Å². The number of nitrogens with zero attached hydrogens (tertiary/aromatic N) is 1. The largest absolute Gasteiger partial charge is 0.496 e. The average molecular weight is 437 g/mol. The number of aliphatic hydroxyl groups is 1. The van der Waals surface area contributed by atoms with E-state index in [1.54, 1.807) is 0 Å².